The van der Waals surface area contributed by atoms with Gasteiger partial charge < -0.3 is 0 Å². The molecular weight excluding hydrogens is 476 g/mol. The first-order valence-corrected chi connectivity index (χ1v) is 5.50. The molecule has 0 aliphatic rings. The Morgan fingerprint density at radius 3 is 0.636 bits per heavy atom. The van der Waals surface area contributed by atoms with Crippen LogP contribution in [0, 0.1) is 29.2 Å². The zero-order valence-corrected chi connectivity index (χ0v) is 10.4. The third-order valence-electron chi connectivity index (χ3n) is 0. The average Bonchev–Trinajstić information content (AvgIpc) is 1.12. The van der Waals surface area contributed by atoms with Crippen LogP contribution >= 0.6 is 0 Å². The Hall–Kier alpha value is 1.09. The van der Waals surface area contributed by atoms with Gasteiger partial charge in [-0.05, 0) is 0 Å². The fraction of sp³-hybridized carbons (Fsp3) is 0. The summed E-state index contributed by atoms with van der Waals surface area (Å²) >= 11 is -11.5. The standard InChI is InChI=1S/2Cr.8O.Pu/q;;;;;;4*-1;. The maximum atomic E-state index is 8.59. The minimum Gasteiger partial charge on any atom is 0 e. The van der Waals surface area contributed by atoms with E-state index < -0.39 is 27.2 Å². The van der Waals surface area contributed by atoms with E-state index in [1.165, 1.54) is 0 Å². The van der Waals surface area contributed by atoms with Crippen LogP contribution in [0.1, 0.15) is 0 Å². The number of hydrogen-bond donors (Lipinski definition) is 0. The van der Waals surface area contributed by atoms with Crippen molar-refractivity contribution in [3.63, 3.8) is 0 Å². The topological polar surface area (TPSA) is 161 Å². The normalized spacial score (nSPS) is 10.5. The second kappa shape index (κ2) is 6.59. The van der Waals surface area contributed by atoms with E-state index in [2.05, 4.69) is 0 Å². The van der Waals surface area contributed by atoms with Gasteiger partial charge in [0.15, 0.2) is 0 Å². The quantitative estimate of drug-likeness (QED) is 0.335. The summed E-state index contributed by atoms with van der Waals surface area (Å²) < 4.78 is 68.8. The molecule has 0 amide bonds. The largest absolute Gasteiger partial charge is 0 e. The van der Waals surface area contributed by atoms with Crippen molar-refractivity contribution in [3.8, 4) is 0 Å². The van der Waals surface area contributed by atoms with Crippen LogP contribution in [0.5, 0.6) is 0 Å². The summed E-state index contributed by atoms with van der Waals surface area (Å²) in [6, 6.07) is 0. The first kappa shape index (κ1) is 18.0. The van der Waals surface area contributed by atoms with Crippen molar-refractivity contribution < 1.29 is 88.2 Å². The van der Waals surface area contributed by atoms with Gasteiger partial charge in [-0.3, -0.25) is 0 Å². The molecule has 0 rings (SSSR count). The van der Waals surface area contributed by atoms with Crippen LogP contribution in [0.2, 0.25) is 0 Å². The smallest absolute Gasteiger partial charge is 0 e. The summed E-state index contributed by atoms with van der Waals surface area (Å²) in [7, 11) is 0. The van der Waals surface area contributed by atoms with Gasteiger partial charge in [0.25, 0.3) is 0 Å². The molecule has 8 nitrogen and oxygen atoms in total. The van der Waals surface area contributed by atoms with E-state index in [9.17, 15) is 0 Å². The molecule has 0 aromatic carbocycles. The molecule has 0 unspecified atom stereocenters. The monoisotopic (exact) mass is 470 g/mol. The zero-order chi connectivity index (χ0) is 9.00. The summed E-state index contributed by atoms with van der Waals surface area (Å²) in [5.74, 6) is 0. The maximum absolute atomic E-state index is 8.59. The van der Waals surface area contributed by atoms with Crippen LogP contribution in [0.4, 0.5) is 0 Å². The Balaban J connectivity index is -0.000000107. The van der Waals surface area contributed by atoms with E-state index >= 15 is 0 Å². The molecule has 0 aliphatic carbocycles. The Morgan fingerprint density at radius 2 is 0.636 bits per heavy atom. The molecule has 0 aliphatic heterocycles. The number of rotatable bonds is 0. The molecule has 0 bridgehead atoms. The van der Waals surface area contributed by atoms with Crippen molar-refractivity contribution in [1.82, 2.24) is 0 Å². The Kier molecular flexibility index (Phi) is 10.8. The zero-order valence-electron chi connectivity index (χ0n) is 4.49. The minimum absolute atomic E-state index is 0. The number of hydrogen-bond acceptors (Lipinski definition) is 8. The Morgan fingerprint density at radius 1 is 0.636 bits per heavy atom. The van der Waals surface area contributed by atoms with Gasteiger partial charge in [0.05, 0.1) is 0 Å². The summed E-state index contributed by atoms with van der Waals surface area (Å²) in [6.45, 7) is 0. The van der Waals surface area contributed by atoms with Gasteiger partial charge >= 0.3 is 59.1 Å². The SMILES string of the molecule is [O]=[Cr](=[O])([O-])[O-].[O]=[Cr](=[O])([O-])[O-].[Pu]. The molecule has 0 atom stereocenters. The second-order valence-electron chi connectivity index (χ2n) is 0.816. The van der Waals surface area contributed by atoms with Crippen molar-refractivity contribution in [3.05, 3.63) is 0 Å². The molecular formula is Cr2O8Pu-4. The van der Waals surface area contributed by atoms with Crippen LogP contribution in [0.3, 0.4) is 0 Å². The third kappa shape index (κ3) is 769. The van der Waals surface area contributed by atoms with Gasteiger partial charge in [0.1, 0.15) is 0 Å². The van der Waals surface area contributed by atoms with Gasteiger partial charge in [-0.1, -0.05) is 0 Å². The van der Waals surface area contributed by atoms with Crippen LogP contribution in [0.15, 0.2) is 0 Å². The van der Waals surface area contributed by atoms with Gasteiger partial charge in [0, 0.05) is 29.2 Å². The first-order valence-electron chi connectivity index (χ1n) is 1.33. The van der Waals surface area contributed by atoms with Gasteiger partial charge in [-0.15, -0.1) is 0 Å². The van der Waals surface area contributed by atoms with Crippen molar-refractivity contribution in [2.24, 2.45) is 0 Å². The summed E-state index contributed by atoms with van der Waals surface area (Å²) in [5.41, 5.74) is 0. The van der Waals surface area contributed by atoms with E-state index in [-0.39, 0.29) is 29.2 Å². The van der Waals surface area contributed by atoms with Gasteiger partial charge in [-0.2, -0.15) is 0 Å². The molecule has 0 aromatic heterocycles. The van der Waals surface area contributed by atoms with Crippen LogP contribution in [-0.2, 0) is 42.4 Å². The van der Waals surface area contributed by atoms with Crippen LogP contribution in [-0.4, -0.2) is 0 Å². The third-order valence-corrected chi connectivity index (χ3v) is 0. The molecule has 70 valence electrons. The molecule has 0 fully saturated rings. The molecule has 0 aromatic rings. The fourth-order valence-corrected chi connectivity index (χ4v) is 0. The van der Waals surface area contributed by atoms with E-state index in [4.69, 9.17) is 31.8 Å². The predicted molar refractivity (Wildman–Crippen MR) is 2.75 cm³/mol. The summed E-state index contributed by atoms with van der Waals surface area (Å²) in [6.07, 6.45) is 0. The minimum atomic E-state index is -5.75. The molecule has 0 radical (unpaired) electrons. The van der Waals surface area contributed by atoms with Crippen LogP contribution < -0.4 is 16.6 Å². The van der Waals surface area contributed by atoms with E-state index in [1.54, 1.807) is 0 Å². The first-order chi connectivity index (χ1) is 4.00. The Labute approximate surface area is 87.6 Å². The molecule has 0 saturated carbocycles. The second-order valence-corrected chi connectivity index (χ2v) is 3.37. The van der Waals surface area contributed by atoms with E-state index in [0.717, 1.165) is 0 Å². The van der Waals surface area contributed by atoms with Crippen molar-refractivity contribution in [2.75, 3.05) is 0 Å². The van der Waals surface area contributed by atoms with Crippen molar-refractivity contribution >= 4 is 0 Å². The average molecular weight is 476 g/mol. The molecule has 0 spiro atoms. The van der Waals surface area contributed by atoms with Gasteiger partial charge in [-0.25, -0.2) is 0 Å². The predicted octanol–water partition coefficient (Wildman–Crippen LogP) is -5.24. The summed E-state index contributed by atoms with van der Waals surface area (Å²) in [4.78, 5) is 0. The van der Waals surface area contributed by atoms with Crippen LogP contribution in [0.25, 0.3) is 0 Å². The molecule has 0 heterocycles. The van der Waals surface area contributed by atoms with E-state index in [1.807, 2.05) is 0 Å². The van der Waals surface area contributed by atoms with Crippen molar-refractivity contribution in [2.45, 2.75) is 0 Å². The fourth-order valence-electron chi connectivity index (χ4n) is 0. The molecule has 0 N–H and O–H groups in total. The molecule has 0 saturated heterocycles. The maximum Gasteiger partial charge on any atom is 0 e. The van der Waals surface area contributed by atoms with E-state index in [0.29, 0.717) is 0 Å². The molecule has 11 heteroatoms. The summed E-state index contributed by atoms with van der Waals surface area (Å²) in [5, 5.41) is 0. The molecule has 11 heavy (non-hydrogen) atoms. The van der Waals surface area contributed by atoms with Gasteiger partial charge in [0.2, 0.25) is 0 Å². The Bertz CT molecular complexity index is 208. The van der Waals surface area contributed by atoms with Crippen molar-refractivity contribution in [1.29, 1.82) is 0 Å².